The summed E-state index contributed by atoms with van der Waals surface area (Å²) < 4.78 is 27.3. The average molecular weight is 413 g/mol. The van der Waals surface area contributed by atoms with Gasteiger partial charge in [-0.15, -0.1) is 0 Å². The molecule has 7 nitrogen and oxygen atoms in total. The Kier molecular flexibility index (Phi) is 6.52. The second kappa shape index (κ2) is 9.07. The van der Waals surface area contributed by atoms with Crippen LogP contribution in [-0.4, -0.2) is 38.3 Å². The fourth-order valence-electron chi connectivity index (χ4n) is 3.25. The van der Waals surface area contributed by atoms with E-state index in [1.54, 1.807) is 42.5 Å². The van der Waals surface area contributed by atoms with E-state index in [1.807, 2.05) is 13.0 Å². The molecule has 152 valence electrons. The summed E-state index contributed by atoms with van der Waals surface area (Å²) in [5, 5.41) is 14.7. The summed E-state index contributed by atoms with van der Waals surface area (Å²) >= 11 is 0. The molecule has 0 unspecified atom stereocenters. The zero-order valence-corrected chi connectivity index (χ0v) is 17.1. The van der Waals surface area contributed by atoms with Crippen molar-refractivity contribution in [2.75, 3.05) is 30.3 Å². The molecule has 1 amide bonds. The number of nitrogens with one attached hydrogen (secondary N) is 2. The van der Waals surface area contributed by atoms with Crippen molar-refractivity contribution in [3.05, 3.63) is 53.6 Å². The van der Waals surface area contributed by atoms with Crippen molar-refractivity contribution in [2.24, 2.45) is 0 Å². The highest BCUT2D eigenvalue weighted by Gasteiger charge is 2.26. The number of sulfonamides is 1. The number of aryl methyl sites for hydroxylation is 1. The maximum atomic E-state index is 12.9. The minimum absolute atomic E-state index is 0.0230. The maximum Gasteiger partial charge on any atom is 0.243 e. The molecule has 0 radical (unpaired) electrons. The number of hydrogen-bond acceptors (Lipinski definition) is 5. The molecule has 1 aliphatic heterocycles. The van der Waals surface area contributed by atoms with Crippen LogP contribution in [0.15, 0.2) is 47.4 Å². The van der Waals surface area contributed by atoms with Crippen LogP contribution in [0.25, 0.3) is 0 Å². The van der Waals surface area contributed by atoms with Crippen LogP contribution in [0.3, 0.4) is 0 Å². The monoisotopic (exact) mass is 412 g/mol. The van der Waals surface area contributed by atoms with Crippen molar-refractivity contribution in [1.82, 2.24) is 4.31 Å². The summed E-state index contributed by atoms with van der Waals surface area (Å²) in [7, 11) is -3.53. The van der Waals surface area contributed by atoms with E-state index in [0.29, 0.717) is 30.0 Å². The van der Waals surface area contributed by atoms with Crippen molar-refractivity contribution in [3.8, 4) is 6.07 Å². The molecule has 0 spiro atoms. The van der Waals surface area contributed by atoms with Crippen LogP contribution in [0.1, 0.15) is 30.4 Å². The van der Waals surface area contributed by atoms with Crippen molar-refractivity contribution in [2.45, 2.75) is 31.1 Å². The van der Waals surface area contributed by atoms with Gasteiger partial charge in [0, 0.05) is 24.5 Å². The Labute approximate surface area is 171 Å². The summed E-state index contributed by atoms with van der Waals surface area (Å²) in [6, 6.07) is 13.6. The highest BCUT2D eigenvalue weighted by Crippen LogP contribution is 2.25. The predicted molar refractivity (Wildman–Crippen MR) is 112 cm³/mol. The highest BCUT2D eigenvalue weighted by molar-refractivity contribution is 7.89. The zero-order chi connectivity index (χ0) is 20.9. The first kappa shape index (κ1) is 20.8. The van der Waals surface area contributed by atoms with Crippen LogP contribution in [0.2, 0.25) is 0 Å². The molecule has 0 bridgehead atoms. The van der Waals surface area contributed by atoms with Gasteiger partial charge in [0.1, 0.15) is 0 Å². The first-order valence-corrected chi connectivity index (χ1v) is 11.0. The predicted octanol–water partition coefficient (Wildman–Crippen LogP) is 3.09. The van der Waals surface area contributed by atoms with E-state index in [1.165, 1.54) is 4.31 Å². The highest BCUT2D eigenvalue weighted by atomic mass is 32.2. The first-order valence-electron chi connectivity index (χ1n) is 9.55. The van der Waals surface area contributed by atoms with E-state index < -0.39 is 10.0 Å². The number of amides is 1. The number of carbonyl (C=O) groups is 1. The fourth-order valence-corrected chi connectivity index (χ4v) is 4.80. The molecule has 0 aromatic heterocycles. The number of nitrogens with zero attached hydrogens (tertiary/aromatic N) is 2. The third-order valence-corrected chi connectivity index (χ3v) is 6.77. The Bertz CT molecular complexity index is 1040. The second-order valence-electron chi connectivity index (χ2n) is 7.04. The van der Waals surface area contributed by atoms with Crippen LogP contribution < -0.4 is 10.6 Å². The number of carbonyl (C=O) groups excluding carboxylic acids is 1. The van der Waals surface area contributed by atoms with Gasteiger partial charge in [0.25, 0.3) is 0 Å². The van der Waals surface area contributed by atoms with Crippen molar-refractivity contribution < 1.29 is 13.2 Å². The largest absolute Gasteiger partial charge is 0.376 e. The summed E-state index contributed by atoms with van der Waals surface area (Å²) in [6.07, 6.45) is 2.81. The third-order valence-electron chi connectivity index (χ3n) is 4.88. The molecule has 1 saturated heterocycles. The lowest BCUT2D eigenvalue weighted by atomic mass is 10.2. The van der Waals surface area contributed by atoms with Gasteiger partial charge in [-0.05, 0) is 55.7 Å². The van der Waals surface area contributed by atoms with Gasteiger partial charge < -0.3 is 10.6 Å². The quantitative estimate of drug-likeness (QED) is 0.759. The van der Waals surface area contributed by atoms with Gasteiger partial charge in [0.05, 0.1) is 23.1 Å². The van der Waals surface area contributed by atoms with Gasteiger partial charge in [-0.2, -0.15) is 9.57 Å². The summed E-state index contributed by atoms with van der Waals surface area (Å²) in [5.74, 6) is -0.288. The number of piperidine rings is 1. The number of nitriles is 1. The van der Waals surface area contributed by atoms with E-state index in [2.05, 4.69) is 10.6 Å². The van der Waals surface area contributed by atoms with Crippen LogP contribution in [0.4, 0.5) is 11.4 Å². The molecular weight excluding hydrogens is 388 g/mol. The summed E-state index contributed by atoms with van der Waals surface area (Å²) in [6.45, 7) is 2.92. The van der Waals surface area contributed by atoms with Gasteiger partial charge in [-0.1, -0.05) is 18.6 Å². The minimum Gasteiger partial charge on any atom is -0.376 e. The SMILES string of the molecule is Cc1ccc(S(=O)(=O)N2CCCCC2)cc1NCC(=O)Nc1cccc(C#N)c1. The molecule has 1 aliphatic rings. The van der Waals surface area contributed by atoms with Gasteiger partial charge in [-0.3, -0.25) is 4.79 Å². The number of hydrogen-bond donors (Lipinski definition) is 2. The second-order valence-corrected chi connectivity index (χ2v) is 8.97. The molecule has 29 heavy (non-hydrogen) atoms. The van der Waals surface area contributed by atoms with Gasteiger partial charge in [0.15, 0.2) is 0 Å². The van der Waals surface area contributed by atoms with Crippen LogP contribution in [-0.2, 0) is 14.8 Å². The lowest BCUT2D eigenvalue weighted by molar-refractivity contribution is -0.114. The molecule has 1 fully saturated rings. The first-order chi connectivity index (χ1) is 13.9. The molecular formula is C21H24N4O3S. The van der Waals surface area contributed by atoms with E-state index in [9.17, 15) is 13.2 Å². The van der Waals surface area contributed by atoms with E-state index in [4.69, 9.17) is 5.26 Å². The van der Waals surface area contributed by atoms with Crippen LogP contribution in [0.5, 0.6) is 0 Å². The molecule has 2 N–H and O–H groups in total. The van der Waals surface area contributed by atoms with E-state index in [-0.39, 0.29) is 17.3 Å². The Balaban J connectivity index is 1.68. The normalized spacial score (nSPS) is 14.8. The lowest BCUT2D eigenvalue weighted by Crippen LogP contribution is -2.35. The molecule has 0 aliphatic carbocycles. The lowest BCUT2D eigenvalue weighted by Gasteiger charge is -2.26. The maximum absolute atomic E-state index is 12.9. The van der Waals surface area contributed by atoms with Crippen LogP contribution >= 0.6 is 0 Å². The number of benzene rings is 2. The number of rotatable bonds is 6. The van der Waals surface area contributed by atoms with E-state index in [0.717, 1.165) is 24.8 Å². The standard InChI is InChI=1S/C21H24N4O3S/c1-16-8-9-19(29(27,28)25-10-3-2-4-11-25)13-20(16)23-15-21(26)24-18-7-5-6-17(12-18)14-22/h5-9,12-13,23H,2-4,10-11,15H2,1H3,(H,24,26). The Morgan fingerprint density at radius 3 is 2.62 bits per heavy atom. The summed E-state index contributed by atoms with van der Waals surface area (Å²) in [4.78, 5) is 12.5. The minimum atomic E-state index is -3.53. The van der Waals surface area contributed by atoms with Crippen molar-refractivity contribution in [3.63, 3.8) is 0 Å². The third kappa shape index (κ3) is 5.13. The van der Waals surface area contributed by atoms with Gasteiger partial charge in [0.2, 0.25) is 15.9 Å². The molecule has 2 aromatic rings. The molecule has 3 rings (SSSR count). The Hall–Kier alpha value is -2.89. The van der Waals surface area contributed by atoms with Gasteiger partial charge in [-0.25, -0.2) is 8.42 Å². The number of anilines is 2. The van der Waals surface area contributed by atoms with Crippen molar-refractivity contribution in [1.29, 1.82) is 5.26 Å². The molecule has 1 heterocycles. The van der Waals surface area contributed by atoms with Crippen molar-refractivity contribution >= 4 is 27.3 Å². The molecule has 0 saturated carbocycles. The van der Waals surface area contributed by atoms with Crippen LogP contribution in [0, 0.1) is 18.3 Å². The Morgan fingerprint density at radius 2 is 1.90 bits per heavy atom. The molecule has 2 aromatic carbocycles. The fraction of sp³-hybridized carbons (Fsp3) is 0.333. The zero-order valence-electron chi connectivity index (χ0n) is 16.3. The molecule has 8 heteroatoms. The average Bonchev–Trinajstić information content (AvgIpc) is 2.73. The Morgan fingerprint density at radius 1 is 1.14 bits per heavy atom. The summed E-state index contributed by atoms with van der Waals surface area (Å²) in [5.41, 5.74) is 2.45. The topological polar surface area (TPSA) is 102 Å². The molecule has 0 atom stereocenters. The van der Waals surface area contributed by atoms with E-state index >= 15 is 0 Å². The van der Waals surface area contributed by atoms with Gasteiger partial charge >= 0.3 is 0 Å². The smallest absolute Gasteiger partial charge is 0.243 e.